The fourth-order valence-corrected chi connectivity index (χ4v) is 3.68. The molecule has 3 heterocycles. The van der Waals surface area contributed by atoms with Crippen LogP contribution in [0.15, 0.2) is 11.6 Å². The van der Waals surface area contributed by atoms with Gasteiger partial charge in [-0.25, -0.2) is 4.98 Å². The Balaban J connectivity index is 1.72. The van der Waals surface area contributed by atoms with Crippen LogP contribution in [0.4, 0.5) is 5.13 Å². The van der Waals surface area contributed by atoms with E-state index in [0.717, 1.165) is 24.4 Å². The predicted octanol–water partition coefficient (Wildman–Crippen LogP) is 1.48. The van der Waals surface area contributed by atoms with Crippen molar-refractivity contribution in [3.63, 3.8) is 0 Å². The van der Waals surface area contributed by atoms with Gasteiger partial charge in [-0.15, -0.1) is 21.5 Å². The average Bonchev–Trinajstić information content (AvgIpc) is 3.07. The maximum atomic E-state index is 12.3. The zero-order chi connectivity index (χ0) is 13.2. The van der Waals surface area contributed by atoms with Gasteiger partial charge >= 0.3 is 0 Å². The molecular formula is C11H13N5OS2. The summed E-state index contributed by atoms with van der Waals surface area (Å²) < 4.78 is 0. The first-order valence-electron chi connectivity index (χ1n) is 6.01. The maximum Gasteiger partial charge on any atom is 0.230 e. The van der Waals surface area contributed by atoms with E-state index in [4.69, 9.17) is 5.73 Å². The lowest BCUT2D eigenvalue weighted by Crippen LogP contribution is -2.31. The molecule has 0 saturated carbocycles. The van der Waals surface area contributed by atoms with Crippen LogP contribution in [0, 0.1) is 0 Å². The van der Waals surface area contributed by atoms with Crippen molar-refractivity contribution < 1.29 is 4.79 Å². The fourth-order valence-electron chi connectivity index (χ4n) is 2.29. The second-order valence-corrected chi connectivity index (χ2v) is 6.35. The second-order valence-electron chi connectivity index (χ2n) is 4.33. The molecule has 0 bridgehead atoms. The van der Waals surface area contributed by atoms with E-state index in [1.165, 1.54) is 11.3 Å². The highest BCUT2D eigenvalue weighted by Gasteiger charge is 2.31. The molecule has 1 atom stereocenters. The first-order valence-corrected chi connectivity index (χ1v) is 7.70. The van der Waals surface area contributed by atoms with Crippen LogP contribution in [0.2, 0.25) is 0 Å². The highest BCUT2D eigenvalue weighted by Crippen LogP contribution is 2.33. The minimum Gasteiger partial charge on any atom is -0.374 e. The molecule has 3 rings (SSSR count). The number of amides is 1. The first kappa shape index (κ1) is 12.5. The molecule has 2 aromatic rings. The third kappa shape index (κ3) is 2.59. The molecule has 0 aromatic carbocycles. The van der Waals surface area contributed by atoms with Crippen LogP contribution in [0.5, 0.6) is 0 Å². The van der Waals surface area contributed by atoms with Gasteiger partial charge in [0.15, 0.2) is 0 Å². The molecule has 0 aliphatic carbocycles. The lowest BCUT2D eigenvalue weighted by atomic mass is 10.2. The molecule has 1 amide bonds. The summed E-state index contributed by atoms with van der Waals surface area (Å²) in [5.74, 6) is 0.0776. The number of nitrogens with zero attached hydrogens (tertiary/aromatic N) is 4. The van der Waals surface area contributed by atoms with Gasteiger partial charge in [-0.3, -0.25) is 4.79 Å². The third-order valence-corrected chi connectivity index (χ3v) is 4.72. The summed E-state index contributed by atoms with van der Waals surface area (Å²) in [6.45, 7) is 0.789. The Morgan fingerprint density at radius 1 is 1.53 bits per heavy atom. The molecule has 100 valence electrons. The Hall–Kier alpha value is -1.54. The van der Waals surface area contributed by atoms with Crippen molar-refractivity contribution in [2.75, 3.05) is 12.3 Å². The Labute approximate surface area is 118 Å². The van der Waals surface area contributed by atoms with Gasteiger partial charge in [-0.1, -0.05) is 11.3 Å². The zero-order valence-corrected chi connectivity index (χ0v) is 11.8. The van der Waals surface area contributed by atoms with Crippen LogP contribution < -0.4 is 5.73 Å². The number of carbonyl (C=O) groups is 1. The lowest BCUT2D eigenvalue weighted by molar-refractivity contribution is -0.131. The molecule has 2 aromatic heterocycles. The monoisotopic (exact) mass is 295 g/mol. The Morgan fingerprint density at radius 2 is 2.42 bits per heavy atom. The largest absolute Gasteiger partial charge is 0.374 e. The summed E-state index contributed by atoms with van der Waals surface area (Å²) in [5.41, 5.74) is 5.52. The molecule has 1 saturated heterocycles. The van der Waals surface area contributed by atoms with E-state index in [1.807, 2.05) is 10.3 Å². The number of hydrogen-bond acceptors (Lipinski definition) is 7. The van der Waals surface area contributed by atoms with Crippen LogP contribution in [0.1, 0.15) is 28.9 Å². The van der Waals surface area contributed by atoms with Gasteiger partial charge in [-0.2, -0.15) is 0 Å². The van der Waals surface area contributed by atoms with Gasteiger partial charge in [0.25, 0.3) is 0 Å². The fraction of sp³-hybridized carbons (Fsp3) is 0.455. The van der Waals surface area contributed by atoms with Crippen molar-refractivity contribution in [1.82, 2.24) is 20.1 Å². The molecule has 1 aliphatic rings. The van der Waals surface area contributed by atoms with E-state index in [0.29, 0.717) is 10.1 Å². The van der Waals surface area contributed by atoms with Crippen molar-refractivity contribution in [2.24, 2.45) is 0 Å². The molecule has 2 N–H and O–H groups in total. The van der Waals surface area contributed by atoms with E-state index >= 15 is 0 Å². The number of likely N-dealkylation sites (tertiary alicyclic amines) is 1. The normalized spacial score (nSPS) is 18.9. The summed E-state index contributed by atoms with van der Waals surface area (Å²) in [5, 5.41) is 11.7. The van der Waals surface area contributed by atoms with Gasteiger partial charge in [0.1, 0.15) is 10.0 Å². The number of nitrogen functional groups attached to an aromatic ring is 1. The standard InChI is InChI=1S/C11H13N5OS2/c12-11-15-14-8(19-11)6-9(17)16-4-1-2-7(16)10-13-3-5-18-10/h3,5,7H,1-2,4,6H2,(H2,12,15). The Morgan fingerprint density at radius 3 is 3.11 bits per heavy atom. The van der Waals surface area contributed by atoms with Crippen molar-refractivity contribution >= 4 is 33.7 Å². The zero-order valence-electron chi connectivity index (χ0n) is 10.2. The summed E-state index contributed by atoms with van der Waals surface area (Å²) in [6.07, 6.45) is 4.06. The highest BCUT2D eigenvalue weighted by atomic mass is 32.1. The third-order valence-electron chi connectivity index (χ3n) is 3.09. The van der Waals surface area contributed by atoms with Gasteiger partial charge in [0, 0.05) is 18.1 Å². The summed E-state index contributed by atoms with van der Waals surface area (Å²) >= 11 is 2.87. The van der Waals surface area contributed by atoms with Crippen LogP contribution in [0.3, 0.4) is 0 Å². The Bertz CT molecular complexity index is 567. The van der Waals surface area contributed by atoms with Crippen LogP contribution >= 0.6 is 22.7 Å². The van der Waals surface area contributed by atoms with Crippen LogP contribution in [0.25, 0.3) is 0 Å². The van der Waals surface area contributed by atoms with Gasteiger partial charge in [-0.05, 0) is 12.8 Å². The van der Waals surface area contributed by atoms with Crippen molar-refractivity contribution in [1.29, 1.82) is 0 Å². The number of hydrogen-bond donors (Lipinski definition) is 1. The smallest absolute Gasteiger partial charge is 0.230 e. The number of rotatable bonds is 3. The molecular weight excluding hydrogens is 282 g/mol. The van der Waals surface area contributed by atoms with Gasteiger partial charge in [0.05, 0.1) is 12.5 Å². The molecule has 6 nitrogen and oxygen atoms in total. The SMILES string of the molecule is Nc1nnc(CC(=O)N2CCCC2c2nccs2)s1. The highest BCUT2D eigenvalue weighted by molar-refractivity contribution is 7.15. The van der Waals surface area contributed by atoms with E-state index in [1.54, 1.807) is 17.5 Å². The molecule has 1 fully saturated rings. The summed E-state index contributed by atoms with van der Waals surface area (Å²) in [6, 6.07) is 0.123. The number of nitrogens with two attached hydrogens (primary N) is 1. The molecule has 1 unspecified atom stereocenters. The minimum atomic E-state index is 0.0776. The maximum absolute atomic E-state index is 12.3. The quantitative estimate of drug-likeness (QED) is 0.927. The summed E-state index contributed by atoms with van der Waals surface area (Å²) in [4.78, 5) is 18.6. The van der Waals surface area contributed by atoms with Gasteiger partial charge < -0.3 is 10.6 Å². The molecule has 19 heavy (non-hydrogen) atoms. The van der Waals surface area contributed by atoms with E-state index in [-0.39, 0.29) is 18.4 Å². The molecule has 1 aliphatic heterocycles. The molecule has 0 radical (unpaired) electrons. The minimum absolute atomic E-state index is 0.0776. The Kier molecular flexibility index (Phi) is 3.43. The number of aromatic nitrogens is 3. The van der Waals surface area contributed by atoms with E-state index in [9.17, 15) is 4.79 Å². The van der Waals surface area contributed by atoms with E-state index in [2.05, 4.69) is 15.2 Å². The van der Waals surface area contributed by atoms with Crippen molar-refractivity contribution in [3.05, 3.63) is 21.6 Å². The van der Waals surface area contributed by atoms with Crippen molar-refractivity contribution in [2.45, 2.75) is 25.3 Å². The molecule has 0 spiro atoms. The van der Waals surface area contributed by atoms with Gasteiger partial charge in [0.2, 0.25) is 11.0 Å². The van der Waals surface area contributed by atoms with Crippen LogP contribution in [-0.4, -0.2) is 32.5 Å². The number of anilines is 1. The second kappa shape index (κ2) is 5.22. The molecule has 8 heteroatoms. The predicted molar refractivity (Wildman–Crippen MR) is 73.8 cm³/mol. The number of thiazole rings is 1. The van der Waals surface area contributed by atoms with E-state index < -0.39 is 0 Å². The summed E-state index contributed by atoms with van der Waals surface area (Å²) in [7, 11) is 0. The topological polar surface area (TPSA) is 85.0 Å². The first-order chi connectivity index (χ1) is 9.24. The lowest BCUT2D eigenvalue weighted by Gasteiger charge is -2.22. The van der Waals surface area contributed by atoms with Crippen molar-refractivity contribution in [3.8, 4) is 0 Å². The average molecular weight is 295 g/mol. The van der Waals surface area contributed by atoms with Crippen LogP contribution in [-0.2, 0) is 11.2 Å². The number of carbonyl (C=O) groups excluding carboxylic acids is 1.